The van der Waals surface area contributed by atoms with Gasteiger partial charge in [0.25, 0.3) is 0 Å². The van der Waals surface area contributed by atoms with Crippen LogP contribution in [0, 0.1) is 0 Å². The summed E-state index contributed by atoms with van der Waals surface area (Å²) in [5, 5.41) is 0. The molecule has 0 aliphatic carbocycles. The molecule has 0 bridgehead atoms. The minimum absolute atomic E-state index is 0.236. The van der Waals surface area contributed by atoms with Crippen molar-refractivity contribution in [3.8, 4) is 0 Å². The Morgan fingerprint density at radius 2 is 1.55 bits per heavy atom. The van der Waals surface area contributed by atoms with E-state index < -0.39 is 18.0 Å². The van der Waals surface area contributed by atoms with Crippen LogP contribution < -0.4 is 0 Å². The van der Waals surface area contributed by atoms with Gasteiger partial charge in [-0.1, -0.05) is 37.3 Å². The highest BCUT2D eigenvalue weighted by Gasteiger charge is 2.35. The Labute approximate surface area is 132 Å². The molecule has 0 N–H and O–H groups in total. The third-order valence-corrected chi connectivity index (χ3v) is 3.12. The summed E-state index contributed by atoms with van der Waals surface area (Å²) in [5.74, 6) is -1.10. The molecule has 22 heavy (non-hydrogen) atoms. The maximum absolute atomic E-state index is 12.2. The predicted octanol–water partition coefficient (Wildman–Crippen LogP) is 2.39. The number of hydrogen-bond acceptors (Lipinski definition) is 5. The molecule has 0 aliphatic heterocycles. The van der Waals surface area contributed by atoms with Crippen LogP contribution in [-0.4, -0.2) is 42.6 Å². The van der Waals surface area contributed by atoms with Gasteiger partial charge in [-0.25, -0.2) is 9.59 Å². The van der Waals surface area contributed by atoms with Gasteiger partial charge in [0.15, 0.2) is 0 Å². The van der Waals surface area contributed by atoms with Gasteiger partial charge in [0.05, 0.1) is 13.2 Å². The summed E-state index contributed by atoms with van der Waals surface area (Å²) in [6.07, 6.45) is 0.822. The molecule has 1 aromatic rings. The van der Waals surface area contributed by atoms with Crippen LogP contribution in [0.1, 0.15) is 32.8 Å². The van der Waals surface area contributed by atoms with Crippen LogP contribution in [0.5, 0.6) is 0 Å². The van der Waals surface area contributed by atoms with Crippen molar-refractivity contribution in [3.05, 3.63) is 35.9 Å². The molecule has 0 spiro atoms. The third-order valence-electron chi connectivity index (χ3n) is 3.12. The number of carbonyl (C=O) groups is 2. The lowest BCUT2D eigenvalue weighted by atomic mass is 10.1. The first-order chi connectivity index (χ1) is 10.6. The second-order valence-electron chi connectivity index (χ2n) is 4.86. The molecule has 0 fully saturated rings. The van der Waals surface area contributed by atoms with Gasteiger partial charge in [-0.15, -0.1) is 0 Å². The maximum atomic E-state index is 12.2. The number of esters is 2. The second-order valence-corrected chi connectivity index (χ2v) is 4.86. The molecule has 5 heteroatoms. The lowest BCUT2D eigenvalue weighted by molar-refractivity contribution is -0.164. The van der Waals surface area contributed by atoms with Crippen LogP contribution in [0.15, 0.2) is 30.3 Å². The van der Waals surface area contributed by atoms with Crippen molar-refractivity contribution in [2.75, 3.05) is 19.8 Å². The Morgan fingerprint density at radius 1 is 1.00 bits per heavy atom. The van der Waals surface area contributed by atoms with Crippen molar-refractivity contribution in [2.24, 2.45) is 0 Å². The van der Waals surface area contributed by atoms with E-state index in [1.54, 1.807) is 13.8 Å². The Hall–Kier alpha value is -1.88. The van der Waals surface area contributed by atoms with E-state index in [1.165, 1.54) is 0 Å². The van der Waals surface area contributed by atoms with Crippen molar-refractivity contribution in [1.29, 1.82) is 0 Å². The van der Waals surface area contributed by atoms with Gasteiger partial charge in [-0.2, -0.15) is 0 Å². The average Bonchev–Trinajstić information content (AvgIpc) is 2.49. The van der Waals surface area contributed by atoms with Crippen molar-refractivity contribution in [1.82, 2.24) is 4.90 Å². The SMILES string of the molecule is CCCN(Cc1ccccc1)C(C(=O)OCC)C(=O)OCC. The zero-order chi connectivity index (χ0) is 16.4. The van der Waals surface area contributed by atoms with E-state index in [9.17, 15) is 9.59 Å². The second kappa shape index (κ2) is 9.95. The Balaban J connectivity index is 2.97. The monoisotopic (exact) mass is 307 g/mol. The summed E-state index contributed by atoms with van der Waals surface area (Å²) < 4.78 is 10.1. The third kappa shape index (κ3) is 5.48. The molecule has 0 saturated carbocycles. The largest absolute Gasteiger partial charge is 0.464 e. The van der Waals surface area contributed by atoms with E-state index in [0.717, 1.165) is 12.0 Å². The number of carbonyl (C=O) groups excluding carboxylic acids is 2. The molecule has 0 aliphatic rings. The highest BCUT2D eigenvalue weighted by molar-refractivity contribution is 5.99. The van der Waals surface area contributed by atoms with E-state index in [4.69, 9.17) is 9.47 Å². The molecule has 0 atom stereocenters. The summed E-state index contributed by atoms with van der Waals surface area (Å²) in [4.78, 5) is 26.2. The van der Waals surface area contributed by atoms with Crippen molar-refractivity contribution in [2.45, 2.75) is 39.8 Å². The standard InChI is InChI=1S/C17H25NO4/c1-4-12-18(13-14-10-8-7-9-11-14)15(16(19)21-5-2)17(20)22-6-3/h7-11,15H,4-6,12-13H2,1-3H3. The molecule has 1 aromatic carbocycles. The van der Waals surface area contributed by atoms with Crippen LogP contribution in [0.3, 0.4) is 0 Å². The van der Waals surface area contributed by atoms with E-state index >= 15 is 0 Å². The van der Waals surface area contributed by atoms with Crippen LogP contribution >= 0.6 is 0 Å². The van der Waals surface area contributed by atoms with Crippen molar-refractivity contribution in [3.63, 3.8) is 0 Å². The van der Waals surface area contributed by atoms with Gasteiger partial charge in [0.1, 0.15) is 0 Å². The summed E-state index contributed by atoms with van der Waals surface area (Å²) in [6, 6.07) is 8.72. The highest BCUT2D eigenvalue weighted by atomic mass is 16.6. The van der Waals surface area contributed by atoms with E-state index in [-0.39, 0.29) is 13.2 Å². The molecule has 1 rings (SSSR count). The Bertz CT molecular complexity index is 443. The van der Waals surface area contributed by atoms with Gasteiger partial charge >= 0.3 is 11.9 Å². The minimum atomic E-state index is -1.01. The molecule has 0 saturated heterocycles. The average molecular weight is 307 g/mol. The lowest BCUT2D eigenvalue weighted by Gasteiger charge is -2.28. The molecule has 0 heterocycles. The van der Waals surface area contributed by atoms with E-state index in [0.29, 0.717) is 13.1 Å². The van der Waals surface area contributed by atoms with Crippen LogP contribution in [0.2, 0.25) is 0 Å². The molecular formula is C17H25NO4. The number of nitrogens with zero attached hydrogens (tertiary/aromatic N) is 1. The van der Waals surface area contributed by atoms with Crippen molar-refractivity contribution < 1.29 is 19.1 Å². The van der Waals surface area contributed by atoms with Gasteiger partial charge in [0.2, 0.25) is 6.04 Å². The quantitative estimate of drug-likeness (QED) is 0.518. The summed E-state index contributed by atoms with van der Waals surface area (Å²) >= 11 is 0. The predicted molar refractivity (Wildman–Crippen MR) is 84.2 cm³/mol. The number of rotatable bonds is 9. The van der Waals surface area contributed by atoms with E-state index in [2.05, 4.69) is 0 Å². The molecule has 0 aromatic heterocycles. The van der Waals surface area contributed by atoms with Gasteiger partial charge in [-0.05, 0) is 32.4 Å². The minimum Gasteiger partial charge on any atom is -0.464 e. The molecular weight excluding hydrogens is 282 g/mol. The molecule has 122 valence electrons. The first-order valence-electron chi connectivity index (χ1n) is 7.75. The number of benzene rings is 1. The van der Waals surface area contributed by atoms with Crippen molar-refractivity contribution >= 4 is 11.9 Å². The fraction of sp³-hybridized carbons (Fsp3) is 0.529. The zero-order valence-electron chi connectivity index (χ0n) is 13.6. The van der Waals surface area contributed by atoms with Crippen LogP contribution in [0.4, 0.5) is 0 Å². The molecule has 0 unspecified atom stereocenters. The number of hydrogen-bond donors (Lipinski definition) is 0. The Kier molecular flexibility index (Phi) is 8.22. The maximum Gasteiger partial charge on any atom is 0.335 e. The van der Waals surface area contributed by atoms with Gasteiger partial charge in [0, 0.05) is 6.54 Å². The molecule has 5 nitrogen and oxygen atoms in total. The number of ether oxygens (including phenoxy) is 2. The normalized spacial score (nSPS) is 10.8. The molecule has 0 amide bonds. The van der Waals surface area contributed by atoms with Gasteiger partial charge < -0.3 is 9.47 Å². The topological polar surface area (TPSA) is 55.8 Å². The Morgan fingerprint density at radius 3 is 2.00 bits per heavy atom. The summed E-state index contributed by atoms with van der Waals surface area (Å²) in [6.45, 7) is 7.03. The highest BCUT2D eigenvalue weighted by Crippen LogP contribution is 2.12. The van der Waals surface area contributed by atoms with Crippen LogP contribution in [0.25, 0.3) is 0 Å². The summed E-state index contributed by atoms with van der Waals surface area (Å²) in [5.41, 5.74) is 1.04. The van der Waals surface area contributed by atoms with Gasteiger partial charge in [-0.3, -0.25) is 4.90 Å². The molecule has 0 radical (unpaired) electrons. The summed E-state index contributed by atoms with van der Waals surface area (Å²) in [7, 11) is 0. The van der Waals surface area contributed by atoms with Crippen LogP contribution in [-0.2, 0) is 25.6 Å². The zero-order valence-corrected chi connectivity index (χ0v) is 13.6. The fourth-order valence-electron chi connectivity index (χ4n) is 2.24. The smallest absolute Gasteiger partial charge is 0.335 e. The van der Waals surface area contributed by atoms with E-state index in [1.807, 2.05) is 42.2 Å². The first kappa shape index (κ1) is 18.2. The lowest BCUT2D eigenvalue weighted by Crippen LogP contribution is -2.48. The first-order valence-corrected chi connectivity index (χ1v) is 7.75. The fourth-order valence-corrected chi connectivity index (χ4v) is 2.24.